The van der Waals surface area contributed by atoms with E-state index in [2.05, 4.69) is 39.9 Å². The zero-order chi connectivity index (χ0) is 16.9. The van der Waals surface area contributed by atoms with Crippen molar-refractivity contribution in [2.45, 2.75) is 6.04 Å². The van der Waals surface area contributed by atoms with E-state index in [0.29, 0.717) is 6.54 Å². The van der Waals surface area contributed by atoms with Crippen LogP contribution >= 0.6 is 22.7 Å². The van der Waals surface area contributed by atoms with Crippen LogP contribution in [0.4, 0.5) is 0 Å². The van der Waals surface area contributed by atoms with Crippen molar-refractivity contribution in [3.8, 4) is 0 Å². The minimum atomic E-state index is -0.0604. The van der Waals surface area contributed by atoms with E-state index in [1.807, 2.05) is 37.7 Å². The summed E-state index contributed by atoms with van der Waals surface area (Å²) in [6, 6.07) is 12.5. The van der Waals surface area contributed by atoms with E-state index in [9.17, 15) is 4.79 Å². The number of carbonyl (C=O) groups is 1. The molecule has 2 aromatic heterocycles. The highest BCUT2D eigenvalue weighted by Crippen LogP contribution is 2.31. The molecule has 1 unspecified atom stereocenters. The van der Waals surface area contributed by atoms with Crippen LogP contribution in [-0.2, 0) is 4.79 Å². The number of thiophene rings is 2. The molecule has 0 saturated carbocycles. The molecule has 0 aliphatic rings. The summed E-state index contributed by atoms with van der Waals surface area (Å²) in [6.45, 7) is 0.585. The Bertz CT molecular complexity index is 834. The second-order valence-electron chi connectivity index (χ2n) is 5.76. The van der Waals surface area contributed by atoms with Crippen molar-refractivity contribution in [1.29, 1.82) is 0 Å². The molecule has 2 heterocycles. The number of nitrogens with zero attached hydrogens (tertiary/aromatic N) is 1. The number of amides is 1. The summed E-state index contributed by atoms with van der Waals surface area (Å²) in [5.41, 5.74) is 1.27. The van der Waals surface area contributed by atoms with E-state index in [1.54, 1.807) is 28.7 Å². The largest absolute Gasteiger partial charge is 0.351 e. The molecule has 3 rings (SSSR count). The van der Waals surface area contributed by atoms with E-state index in [-0.39, 0.29) is 11.9 Å². The van der Waals surface area contributed by atoms with Crippen LogP contribution in [0, 0.1) is 0 Å². The predicted molar refractivity (Wildman–Crippen MR) is 105 cm³/mol. The average Bonchev–Trinajstić information content (AvgIpc) is 3.23. The van der Waals surface area contributed by atoms with Crippen LogP contribution in [0.3, 0.4) is 0 Å². The summed E-state index contributed by atoms with van der Waals surface area (Å²) in [5, 5.41) is 8.49. The second kappa shape index (κ2) is 7.75. The molecule has 0 fully saturated rings. The molecule has 1 atom stereocenters. The van der Waals surface area contributed by atoms with Crippen molar-refractivity contribution in [2.24, 2.45) is 0 Å². The Morgan fingerprint density at radius 2 is 2.04 bits per heavy atom. The van der Waals surface area contributed by atoms with Gasteiger partial charge in [0.05, 0.1) is 6.04 Å². The van der Waals surface area contributed by atoms with Gasteiger partial charge < -0.3 is 10.2 Å². The number of hydrogen-bond donors (Lipinski definition) is 1. The minimum Gasteiger partial charge on any atom is -0.351 e. The minimum absolute atomic E-state index is 0.0604. The molecule has 24 heavy (non-hydrogen) atoms. The molecular formula is C19H20N2OS2. The lowest BCUT2D eigenvalue weighted by atomic mass is 10.0. The Morgan fingerprint density at radius 1 is 1.21 bits per heavy atom. The lowest BCUT2D eigenvalue weighted by Crippen LogP contribution is -2.33. The van der Waals surface area contributed by atoms with Gasteiger partial charge in [0.1, 0.15) is 0 Å². The zero-order valence-corrected chi connectivity index (χ0v) is 15.4. The number of carbonyl (C=O) groups excluding carboxylic acids is 1. The lowest BCUT2D eigenvalue weighted by Gasteiger charge is -2.24. The number of hydrogen-bond acceptors (Lipinski definition) is 4. The second-order valence-corrected chi connectivity index (χ2v) is 7.65. The van der Waals surface area contributed by atoms with Crippen LogP contribution in [0.15, 0.2) is 53.2 Å². The van der Waals surface area contributed by atoms with Gasteiger partial charge in [-0.2, -0.15) is 0 Å². The van der Waals surface area contributed by atoms with Crippen LogP contribution in [0.25, 0.3) is 16.2 Å². The first kappa shape index (κ1) is 16.9. The van der Waals surface area contributed by atoms with E-state index in [0.717, 1.165) is 4.88 Å². The fourth-order valence-corrected chi connectivity index (χ4v) is 4.25. The van der Waals surface area contributed by atoms with Gasteiger partial charge in [-0.05, 0) is 54.0 Å². The van der Waals surface area contributed by atoms with Gasteiger partial charge in [-0.25, -0.2) is 0 Å². The third-order valence-electron chi connectivity index (χ3n) is 3.91. The van der Waals surface area contributed by atoms with Gasteiger partial charge >= 0.3 is 0 Å². The molecule has 3 aromatic rings. The summed E-state index contributed by atoms with van der Waals surface area (Å²) >= 11 is 3.37. The molecule has 1 N–H and O–H groups in total. The topological polar surface area (TPSA) is 32.3 Å². The lowest BCUT2D eigenvalue weighted by molar-refractivity contribution is -0.116. The molecule has 1 amide bonds. The van der Waals surface area contributed by atoms with E-state index < -0.39 is 0 Å². The Kier molecular flexibility index (Phi) is 5.45. The first-order valence-corrected chi connectivity index (χ1v) is 9.53. The maximum Gasteiger partial charge on any atom is 0.244 e. The van der Waals surface area contributed by atoms with Gasteiger partial charge in [0.2, 0.25) is 5.91 Å². The van der Waals surface area contributed by atoms with E-state index >= 15 is 0 Å². The van der Waals surface area contributed by atoms with Crippen molar-refractivity contribution in [2.75, 3.05) is 20.6 Å². The van der Waals surface area contributed by atoms with Gasteiger partial charge in [-0.1, -0.05) is 24.3 Å². The third-order valence-corrected chi connectivity index (χ3v) is 5.72. The highest BCUT2D eigenvalue weighted by molar-refractivity contribution is 7.17. The van der Waals surface area contributed by atoms with Gasteiger partial charge in [0.25, 0.3) is 0 Å². The predicted octanol–water partition coefficient (Wildman–Crippen LogP) is 4.40. The number of benzene rings is 1. The highest BCUT2D eigenvalue weighted by atomic mass is 32.1. The van der Waals surface area contributed by atoms with Crippen LogP contribution in [0.5, 0.6) is 0 Å². The highest BCUT2D eigenvalue weighted by Gasteiger charge is 2.18. The fraction of sp³-hybridized carbons (Fsp3) is 0.211. The molecule has 0 bridgehead atoms. The summed E-state index contributed by atoms with van der Waals surface area (Å²) in [4.78, 5) is 15.3. The van der Waals surface area contributed by atoms with E-state index in [1.165, 1.54) is 15.6 Å². The van der Waals surface area contributed by atoms with Crippen LogP contribution in [0.2, 0.25) is 0 Å². The molecular weight excluding hydrogens is 336 g/mol. The maximum atomic E-state index is 12.1. The van der Waals surface area contributed by atoms with Crippen LogP contribution < -0.4 is 5.32 Å². The summed E-state index contributed by atoms with van der Waals surface area (Å²) in [7, 11) is 4.09. The molecule has 124 valence electrons. The standard InChI is InChI=1S/C19H20N2OS2/c1-21(2)17(16-13-24-18-8-4-3-7-15(16)18)12-20-19(22)10-9-14-6-5-11-23-14/h3-11,13,17H,12H2,1-2H3,(H,20,22). The molecule has 0 saturated heterocycles. The SMILES string of the molecule is CN(C)C(CNC(=O)C=Cc1cccs1)c1csc2ccccc12. The number of nitrogens with one attached hydrogen (secondary N) is 1. The molecule has 1 aromatic carbocycles. The van der Waals surface area contributed by atoms with Crippen LogP contribution in [-0.4, -0.2) is 31.4 Å². The average molecular weight is 357 g/mol. The maximum absolute atomic E-state index is 12.1. The molecule has 0 spiro atoms. The number of fused-ring (bicyclic) bond motifs is 1. The Balaban J connectivity index is 1.69. The van der Waals surface area contributed by atoms with Crippen molar-refractivity contribution < 1.29 is 4.79 Å². The van der Waals surface area contributed by atoms with Gasteiger partial charge in [0.15, 0.2) is 0 Å². The quantitative estimate of drug-likeness (QED) is 0.664. The van der Waals surface area contributed by atoms with Crippen molar-refractivity contribution >= 4 is 44.7 Å². The van der Waals surface area contributed by atoms with Crippen LogP contribution in [0.1, 0.15) is 16.5 Å². The van der Waals surface area contributed by atoms with Gasteiger partial charge in [-0.3, -0.25) is 4.79 Å². The van der Waals surface area contributed by atoms with Gasteiger partial charge in [0, 0.05) is 22.2 Å². The summed E-state index contributed by atoms with van der Waals surface area (Å²) in [5.74, 6) is -0.0604. The first-order valence-electron chi connectivity index (χ1n) is 7.77. The van der Waals surface area contributed by atoms with Crippen molar-refractivity contribution in [3.05, 3.63) is 63.7 Å². The molecule has 5 heteroatoms. The summed E-state index contributed by atoms with van der Waals surface area (Å²) in [6.07, 6.45) is 3.45. The Labute approximate surface area is 150 Å². The fourth-order valence-electron chi connectivity index (χ4n) is 2.63. The summed E-state index contributed by atoms with van der Waals surface area (Å²) < 4.78 is 1.28. The zero-order valence-electron chi connectivity index (χ0n) is 13.7. The molecule has 0 aliphatic heterocycles. The number of rotatable bonds is 6. The first-order chi connectivity index (χ1) is 11.6. The molecule has 0 aliphatic carbocycles. The van der Waals surface area contributed by atoms with Crippen molar-refractivity contribution in [1.82, 2.24) is 10.2 Å². The van der Waals surface area contributed by atoms with Crippen molar-refractivity contribution in [3.63, 3.8) is 0 Å². The Hall–Kier alpha value is -1.95. The van der Waals surface area contributed by atoms with Gasteiger partial charge in [-0.15, -0.1) is 22.7 Å². The Morgan fingerprint density at radius 3 is 2.79 bits per heavy atom. The molecule has 0 radical (unpaired) electrons. The smallest absolute Gasteiger partial charge is 0.244 e. The normalized spacial score (nSPS) is 13.0. The molecule has 3 nitrogen and oxygen atoms in total. The number of likely N-dealkylation sites (N-methyl/N-ethyl adjacent to an activating group) is 1. The monoisotopic (exact) mass is 356 g/mol. The van der Waals surface area contributed by atoms with E-state index in [4.69, 9.17) is 0 Å². The third kappa shape index (κ3) is 3.93.